The number of carboxylic acid groups (broad SMARTS) is 1. The molecule has 0 spiro atoms. The van der Waals surface area contributed by atoms with E-state index in [4.69, 9.17) is 4.42 Å². The first-order valence-electron chi connectivity index (χ1n) is 10.7. The average Bonchev–Trinajstić information content (AvgIpc) is 3.17. The van der Waals surface area contributed by atoms with Crippen molar-refractivity contribution in [3.05, 3.63) is 89.8 Å². The molecule has 0 saturated heterocycles. The molecule has 3 aromatic rings. The minimum absolute atomic E-state index is 0.376. The number of nitrogens with zero attached hydrogens (tertiary/aromatic N) is 3. The first-order chi connectivity index (χ1) is 15.5. The topological polar surface area (TPSA) is 78.9 Å². The molecule has 6 heteroatoms. The predicted molar refractivity (Wildman–Crippen MR) is 127 cm³/mol. The molecule has 1 atom stereocenters. The van der Waals surface area contributed by atoms with Crippen LogP contribution in [0.15, 0.2) is 76.8 Å². The first kappa shape index (κ1) is 23.0. The standard InChI is InChI=1S/C26H29N3O3/c1-4-17-27-29(3)24(26(30)31)18-21-15-13-20(14-16-21)9-8-12-23-19(2)32-25(28-23)22-10-6-5-7-11-22/h4-7,10-11,13-17,24H,1,8-9,12,18H2,2-3H3,(H,30,31)/b27-17-. The second-order valence-corrected chi connectivity index (χ2v) is 7.69. The quantitative estimate of drug-likeness (QED) is 0.344. The fourth-order valence-electron chi connectivity index (χ4n) is 3.50. The largest absolute Gasteiger partial charge is 0.480 e. The number of hydrogen-bond donors (Lipinski definition) is 1. The van der Waals surface area contributed by atoms with Gasteiger partial charge in [0.15, 0.2) is 0 Å². The number of hydrazone groups is 1. The Kier molecular flexibility index (Phi) is 7.97. The number of aliphatic carboxylic acids is 1. The minimum atomic E-state index is -0.907. The molecule has 1 heterocycles. The van der Waals surface area contributed by atoms with Gasteiger partial charge in [-0.3, -0.25) is 5.01 Å². The highest BCUT2D eigenvalue weighted by atomic mass is 16.4. The zero-order valence-corrected chi connectivity index (χ0v) is 18.6. The molecule has 0 aliphatic carbocycles. The number of aryl methyl sites for hydroxylation is 3. The van der Waals surface area contributed by atoms with Gasteiger partial charge in [0.2, 0.25) is 5.89 Å². The number of rotatable bonds is 11. The van der Waals surface area contributed by atoms with Crippen LogP contribution < -0.4 is 0 Å². The van der Waals surface area contributed by atoms with Crippen LogP contribution in [-0.4, -0.2) is 40.4 Å². The highest BCUT2D eigenvalue weighted by Crippen LogP contribution is 2.22. The van der Waals surface area contributed by atoms with Gasteiger partial charge in [0.05, 0.1) is 5.69 Å². The molecule has 6 nitrogen and oxygen atoms in total. The van der Waals surface area contributed by atoms with Crippen LogP contribution in [-0.2, 0) is 24.1 Å². The molecule has 0 radical (unpaired) electrons. The molecular weight excluding hydrogens is 402 g/mol. The van der Waals surface area contributed by atoms with Crippen LogP contribution in [0.1, 0.15) is 29.0 Å². The Morgan fingerprint density at radius 2 is 1.84 bits per heavy atom. The molecule has 3 rings (SSSR count). The zero-order valence-electron chi connectivity index (χ0n) is 18.6. The van der Waals surface area contributed by atoms with Crippen LogP contribution >= 0.6 is 0 Å². The SMILES string of the molecule is C=C/C=N\N(C)C(Cc1ccc(CCCc2nc(-c3ccccc3)oc2C)cc1)C(=O)O. The van der Waals surface area contributed by atoms with Gasteiger partial charge in [-0.2, -0.15) is 5.10 Å². The molecule has 166 valence electrons. The second kappa shape index (κ2) is 11.1. The number of aromatic nitrogens is 1. The van der Waals surface area contributed by atoms with Crippen molar-refractivity contribution >= 4 is 12.2 Å². The lowest BCUT2D eigenvalue weighted by molar-refractivity contribution is -0.142. The van der Waals surface area contributed by atoms with Gasteiger partial charge in [0.1, 0.15) is 11.8 Å². The Bertz CT molecular complexity index is 1060. The fourth-order valence-corrected chi connectivity index (χ4v) is 3.50. The Morgan fingerprint density at radius 1 is 1.16 bits per heavy atom. The number of oxazole rings is 1. The van der Waals surface area contributed by atoms with E-state index in [0.717, 1.165) is 41.8 Å². The van der Waals surface area contributed by atoms with E-state index in [1.165, 1.54) is 22.9 Å². The second-order valence-electron chi connectivity index (χ2n) is 7.69. The molecule has 0 bridgehead atoms. The third-order valence-electron chi connectivity index (χ3n) is 5.33. The Labute approximate surface area is 188 Å². The van der Waals surface area contributed by atoms with Crippen molar-refractivity contribution in [2.24, 2.45) is 5.10 Å². The van der Waals surface area contributed by atoms with E-state index in [1.54, 1.807) is 7.05 Å². The number of carboxylic acids is 1. The van der Waals surface area contributed by atoms with Gasteiger partial charge in [0, 0.05) is 25.2 Å². The molecule has 0 saturated carbocycles. The third-order valence-corrected chi connectivity index (χ3v) is 5.33. The summed E-state index contributed by atoms with van der Waals surface area (Å²) < 4.78 is 5.84. The lowest BCUT2D eigenvalue weighted by Crippen LogP contribution is -2.37. The van der Waals surface area contributed by atoms with Crippen molar-refractivity contribution in [3.8, 4) is 11.5 Å². The monoisotopic (exact) mass is 431 g/mol. The summed E-state index contributed by atoms with van der Waals surface area (Å²) in [6, 6.07) is 17.3. The van der Waals surface area contributed by atoms with E-state index in [1.807, 2.05) is 49.4 Å². The van der Waals surface area contributed by atoms with Crippen LogP contribution in [0.3, 0.4) is 0 Å². The van der Waals surface area contributed by atoms with E-state index >= 15 is 0 Å². The van der Waals surface area contributed by atoms with E-state index < -0.39 is 12.0 Å². The van der Waals surface area contributed by atoms with Crippen molar-refractivity contribution in [1.82, 2.24) is 9.99 Å². The van der Waals surface area contributed by atoms with Crippen molar-refractivity contribution in [3.63, 3.8) is 0 Å². The number of benzene rings is 2. The van der Waals surface area contributed by atoms with Crippen LogP contribution in [0.25, 0.3) is 11.5 Å². The normalized spacial score (nSPS) is 12.1. The molecule has 0 amide bonds. The van der Waals surface area contributed by atoms with E-state index in [2.05, 4.69) is 28.8 Å². The number of likely N-dealkylation sites (N-methyl/N-ethyl adjacent to an activating group) is 1. The number of carbonyl (C=O) groups is 1. The Balaban J connectivity index is 1.55. The van der Waals surface area contributed by atoms with Crippen LogP contribution in [0.2, 0.25) is 0 Å². The molecule has 1 unspecified atom stereocenters. The number of allylic oxidation sites excluding steroid dienone is 1. The average molecular weight is 432 g/mol. The maximum absolute atomic E-state index is 11.6. The Hall–Kier alpha value is -3.67. The molecular formula is C26H29N3O3. The van der Waals surface area contributed by atoms with Crippen molar-refractivity contribution < 1.29 is 14.3 Å². The van der Waals surface area contributed by atoms with Gasteiger partial charge >= 0.3 is 5.97 Å². The molecule has 0 fully saturated rings. The third kappa shape index (κ3) is 6.17. The molecule has 0 aliphatic heterocycles. The first-order valence-corrected chi connectivity index (χ1v) is 10.7. The van der Waals surface area contributed by atoms with Gasteiger partial charge in [0.25, 0.3) is 0 Å². The van der Waals surface area contributed by atoms with E-state index in [-0.39, 0.29) is 0 Å². The van der Waals surface area contributed by atoms with Crippen LogP contribution in [0.4, 0.5) is 0 Å². The summed E-state index contributed by atoms with van der Waals surface area (Å²) >= 11 is 0. The van der Waals surface area contributed by atoms with Crippen LogP contribution in [0.5, 0.6) is 0 Å². The van der Waals surface area contributed by atoms with Crippen molar-refractivity contribution in [2.75, 3.05) is 7.05 Å². The molecule has 1 aromatic heterocycles. The van der Waals surface area contributed by atoms with E-state index in [9.17, 15) is 9.90 Å². The van der Waals surface area contributed by atoms with Gasteiger partial charge in [-0.1, -0.05) is 49.0 Å². The zero-order chi connectivity index (χ0) is 22.9. The van der Waals surface area contributed by atoms with Gasteiger partial charge in [-0.25, -0.2) is 9.78 Å². The fraction of sp³-hybridized carbons (Fsp3) is 0.269. The molecule has 1 N–H and O–H groups in total. The Morgan fingerprint density at radius 3 is 2.50 bits per heavy atom. The van der Waals surface area contributed by atoms with Crippen molar-refractivity contribution in [2.45, 2.75) is 38.6 Å². The van der Waals surface area contributed by atoms with Crippen LogP contribution in [0, 0.1) is 6.92 Å². The lowest BCUT2D eigenvalue weighted by Gasteiger charge is -2.21. The summed E-state index contributed by atoms with van der Waals surface area (Å²) in [6.07, 6.45) is 6.10. The highest BCUT2D eigenvalue weighted by molar-refractivity contribution is 5.75. The molecule has 0 aliphatic rings. The maximum atomic E-state index is 11.6. The summed E-state index contributed by atoms with van der Waals surface area (Å²) in [5.41, 5.74) is 4.15. The van der Waals surface area contributed by atoms with Gasteiger partial charge < -0.3 is 9.52 Å². The highest BCUT2D eigenvalue weighted by Gasteiger charge is 2.22. The predicted octanol–water partition coefficient (Wildman–Crippen LogP) is 4.92. The lowest BCUT2D eigenvalue weighted by atomic mass is 10.0. The summed E-state index contributed by atoms with van der Waals surface area (Å²) in [4.78, 5) is 16.3. The van der Waals surface area contributed by atoms with Gasteiger partial charge in [-0.05, 0) is 55.5 Å². The summed E-state index contributed by atoms with van der Waals surface area (Å²) in [6.45, 7) is 5.52. The maximum Gasteiger partial charge on any atom is 0.328 e. The smallest absolute Gasteiger partial charge is 0.328 e. The molecule has 2 aromatic carbocycles. The summed E-state index contributed by atoms with van der Waals surface area (Å²) in [7, 11) is 1.66. The van der Waals surface area contributed by atoms with Gasteiger partial charge in [-0.15, -0.1) is 0 Å². The van der Waals surface area contributed by atoms with Crippen molar-refractivity contribution in [1.29, 1.82) is 0 Å². The minimum Gasteiger partial charge on any atom is -0.480 e. The molecule has 32 heavy (non-hydrogen) atoms. The van der Waals surface area contributed by atoms with E-state index in [0.29, 0.717) is 12.3 Å². The summed E-state index contributed by atoms with van der Waals surface area (Å²) in [5, 5.41) is 15.0. The number of hydrogen-bond acceptors (Lipinski definition) is 5. The summed E-state index contributed by atoms with van der Waals surface area (Å²) in [5.74, 6) is 0.621.